The van der Waals surface area contributed by atoms with Gasteiger partial charge < -0.3 is 4.74 Å². The van der Waals surface area contributed by atoms with Gasteiger partial charge in [-0.25, -0.2) is 0 Å². The number of rotatable bonds is 1. The van der Waals surface area contributed by atoms with Crippen LogP contribution in [-0.2, 0) is 0 Å². The molecule has 2 atom stereocenters. The number of halogens is 1. The van der Waals surface area contributed by atoms with Gasteiger partial charge in [-0.2, -0.15) is 0 Å². The summed E-state index contributed by atoms with van der Waals surface area (Å²) in [6.07, 6.45) is 6.25. The number of carbonyl (C=O) groups excluding carboxylic acids is 1. The van der Waals surface area contributed by atoms with Crippen LogP contribution >= 0.6 is 15.9 Å². The molecule has 0 bridgehead atoms. The van der Waals surface area contributed by atoms with E-state index in [0.717, 1.165) is 28.6 Å². The molecule has 1 aromatic carbocycles. The summed E-state index contributed by atoms with van der Waals surface area (Å²) in [7, 11) is 0. The van der Waals surface area contributed by atoms with Crippen LogP contribution in [0.5, 0.6) is 5.75 Å². The molecule has 1 aliphatic carbocycles. The summed E-state index contributed by atoms with van der Waals surface area (Å²) in [5.74, 6) is 1.72. The highest BCUT2D eigenvalue weighted by molar-refractivity contribution is 9.10. The average molecular weight is 323 g/mol. The maximum Gasteiger partial charge on any atom is 0.170 e. The van der Waals surface area contributed by atoms with Gasteiger partial charge in [0.2, 0.25) is 0 Å². The largest absolute Gasteiger partial charge is 0.486 e. The van der Waals surface area contributed by atoms with Gasteiger partial charge >= 0.3 is 0 Å². The second-order valence-electron chi connectivity index (χ2n) is 5.90. The number of ketones is 1. The zero-order valence-corrected chi connectivity index (χ0v) is 12.8. The molecule has 1 saturated carbocycles. The SMILES string of the molecule is CCC1CCCC2(CC(=O)c3cc(Br)ccc3O2)C1. The van der Waals surface area contributed by atoms with Crippen LogP contribution in [0.3, 0.4) is 0 Å². The maximum absolute atomic E-state index is 12.4. The lowest BCUT2D eigenvalue weighted by Crippen LogP contribution is -2.45. The van der Waals surface area contributed by atoms with Crippen molar-refractivity contribution >= 4 is 21.7 Å². The van der Waals surface area contributed by atoms with Crippen LogP contribution in [-0.4, -0.2) is 11.4 Å². The normalized spacial score (nSPS) is 30.0. The van der Waals surface area contributed by atoms with Crippen molar-refractivity contribution < 1.29 is 9.53 Å². The third-order valence-electron chi connectivity index (χ3n) is 4.53. The zero-order valence-electron chi connectivity index (χ0n) is 11.2. The Morgan fingerprint density at radius 1 is 1.47 bits per heavy atom. The highest BCUT2D eigenvalue weighted by Crippen LogP contribution is 2.44. The van der Waals surface area contributed by atoms with E-state index < -0.39 is 0 Å². The Bertz CT molecular complexity index is 511. The van der Waals surface area contributed by atoms with Gasteiger partial charge in [0.25, 0.3) is 0 Å². The molecule has 0 radical (unpaired) electrons. The van der Waals surface area contributed by atoms with Crippen LogP contribution in [0.4, 0.5) is 0 Å². The van der Waals surface area contributed by atoms with Crippen LogP contribution in [0, 0.1) is 5.92 Å². The minimum Gasteiger partial charge on any atom is -0.486 e. The van der Waals surface area contributed by atoms with Crippen LogP contribution in [0.2, 0.25) is 0 Å². The van der Waals surface area contributed by atoms with Crippen LogP contribution in [0.15, 0.2) is 22.7 Å². The van der Waals surface area contributed by atoms with Gasteiger partial charge in [-0.15, -0.1) is 0 Å². The maximum atomic E-state index is 12.4. The van der Waals surface area contributed by atoms with Crippen molar-refractivity contribution in [3.8, 4) is 5.75 Å². The van der Waals surface area contributed by atoms with Crippen molar-refractivity contribution in [3.05, 3.63) is 28.2 Å². The molecule has 3 rings (SSSR count). The smallest absolute Gasteiger partial charge is 0.170 e. The number of Topliss-reactive ketones (excluding diaryl/α,β-unsaturated/α-hetero) is 1. The zero-order chi connectivity index (χ0) is 13.5. The third-order valence-corrected chi connectivity index (χ3v) is 5.03. The summed E-state index contributed by atoms with van der Waals surface area (Å²) in [6.45, 7) is 2.24. The van der Waals surface area contributed by atoms with Crippen LogP contribution in [0.1, 0.15) is 55.8 Å². The Balaban J connectivity index is 1.92. The molecule has 2 aliphatic rings. The first-order chi connectivity index (χ1) is 9.12. The Hall–Kier alpha value is -0.830. The van der Waals surface area contributed by atoms with Crippen molar-refractivity contribution in [2.75, 3.05) is 0 Å². The lowest BCUT2D eigenvalue weighted by Gasteiger charge is -2.43. The van der Waals surface area contributed by atoms with E-state index in [9.17, 15) is 4.79 Å². The van der Waals surface area contributed by atoms with Crippen molar-refractivity contribution in [3.63, 3.8) is 0 Å². The Kier molecular flexibility index (Phi) is 3.42. The topological polar surface area (TPSA) is 26.3 Å². The van der Waals surface area contributed by atoms with Crippen LogP contribution < -0.4 is 4.74 Å². The molecule has 0 amide bonds. The summed E-state index contributed by atoms with van der Waals surface area (Å²) >= 11 is 3.42. The molecule has 0 aromatic heterocycles. The Morgan fingerprint density at radius 2 is 2.32 bits per heavy atom. The molecular weight excluding hydrogens is 304 g/mol. The number of benzene rings is 1. The number of hydrogen-bond acceptors (Lipinski definition) is 2. The van der Waals surface area contributed by atoms with Gasteiger partial charge in [-0.3, -0.25) is 4.79 Å². The van der Waals surface area contributed by atoms with Gasteiger partial charge in [0.05, 0.1) is 12.0 Å². The molecule has 1 spiro atoms. The second-order valence-corrected chi connectivity index (χ2v) is 6.81. The summed E-state index contributed by atoms with van der Waals surface area (Å²) in [5.41, 5.74) is 0.509. The molecule has 1 aromatic rings. The standard InChI is InChI=1S/C16H19BrO2/c1-2-11-4-3-7-16(9-11)10-14(18)13-8-12(17)5-6-15(13)19-16/h5-6,8,11H,2-4,7,9-10H2,1H3. The first kappa shape index (κ1) is 13.2. The van der Waals surface area contributed by atoms with E-state index in [0.29, 0.717) is 12.3 Å². The molecule has 3 heteroatoms. The van der Waals surface area contributed by atoms with Gasteiger partial charge in [0.15, 0.2) is 5.78 Å². The lowest BCUT2D eigenvalue weighted by molar-refractivity contribution is -0.00430. The second kappa shape index (κ2) is 4.93. The van der Waals surface area contributed by atoms with Crippen molar-refractivity contribution in [2.24, 2.45) is 5.92 Å². The van der Waals surface area contributed by atoms with E-state index in [2.05, 4.69) is 22.9 Å². The van der Waals surface area contributed by atoms with Crippen molar-refractivity contribution in [1.82, 2.24) is 0 Å². The van der Waals surface area contributed by atoms with Crippen molar-refractivity contribution in [2.45, 2.75) is 51.0 Å². The predicted octanol–water partition coefficient (Wildman–Crippen LogP) is 4.75. The first-order valence-electron chi connectivity index (χ1n) is 7.14. The number of carbonyl (C=O) groups is 1. The molecule has 1 fully saturated rings. The molecule has 0 N–H and O–H groups in total. The fourth-order valence-corrected chi connectivity index (χ4v) is 3.87. The van der Waals surface area contributed by atoms with Crippen molar-refractivity contribution in [1.29, 1.82) is 0 Å². The molecule has 1 heterocycles. The van der Waals surface area contributed by atoms with Crippen LogP contribution in [0.25, 0.3) is 0 Å². The minimum absolute atomic E-state index is 0.225. The van der Waals surface area contributed by atoms with E-state index in [1.165, 1.54) is 19.3 Å². The monoisotopic (exact) mass is 322 g/mol. The quantitative estimate of drug-likeness (QED) is 0.745. The fourth-order valence-electron chi connectivity index (χ4n) is 3.51. The molecule has 2 nitrogen and oxygen atoms in total. The highest BCUT2D eigenvalue weighted by atomic mass is 79.9. The molecule has 1 aliphatic heterocycles. The predicted molar refractivity (Wildman–Crippen MR) is 78.7 cm³/mol. The fraction of sp³-hybridized carbons (Fsp3) is 0.562. The number of hydrogen-bond donors (Lipinski definition) is 0. The first-order valence-corrected chi connectivity index (χ1v) is 7.93. The molecule has 2 unspecified atom stereocenters. The molecule has 0 saturated heterocycles. The summed E-state index contributed by atoms with van der Waals surface area (Å²) in [5, 5.41) is 0. The lowest BCUT2D eigenvalue weighted by atomic mass is 9.73. The summed E-state index contributed by atoms with van der Waals surface area (Å²) in [6, 6.07) is 5.75. The Morgan fingerprint density at radius 3 is 3.11 bits per heavy atom. The molecule has 102 valence electrons. The molecular formula is C16H19BrO2. The highest BCUT2D eigenvalue weighted by Gasteiger charge is 2.43. The van der Waals surface area contributed by atoms with Gasteiger partial charge in [-0.1, -0.05) is 35.7 Å². The van der Waals surface area contributed by atoms with E-state index in [-0.39, 0.29) is 11.4 Å². The summed E-state index contributed by atoms with van der Waals surface area (Å²) < 4.78 is 7.22. The average Bonchev–Trinajstić information content (AvgIpc) is 2.40. The minimum atomic E-state index is -0.225. The van der Waals surface area contributed by atoms with E-state index >= 15 is 0 Å². The van der Waals surface area contributed by atoms with E-state index in [1.807, 2.05) is 18.2 Å². The van der Waals surface area contributed by atoms with Gasteiger partial charge in [-0.05, 0) is 43.4 Å². The Labute approximate surface area is 122 Å². The van der Waals surface area contributed by atoms with Gasteiger partial charge in [0, 0.05) is 4.47 Å². The third kappa shape index (κ3) is 2.45. The van der Waals surface area contributed by atoms with E-state index in [1.54, 1.807) is 0 Å². The molecule has 19 heavy (non-hydrogen) atoms. The number of fused-ring (bicyclic) bond motifs is 1. The summed E-state index contributed by atoms with van der Waals surface area (Å²) in [4.78, 5) is 12.4. The van der Waals surface area contributed by atoms with Gasteiger partial charge in [0.1, 0.15) is 11.4 Å². The van der Waals surface area contributed by atoms with E-state index in [4.69, 9.17) is 4.74 Å². The number of ether oxygens (including phenoxy) is 1.